The molecule has 1 amide bonds. The highest BCUT2D eigenvalue weighted by atomic mass is 16.5. The molecule has 17 heavy (non-hydrogen) atoms. The molecule has 1 rings (SSSR count). The van der Waals surface area contributed by atoms with Gasteiger partial charge in [0.2, 0.25) is 0 Å². The van der Waals surface area contributed by atoms with E-state index < -0.39 is 5.97 Å². The van der Waals surface area contributed by atoms with E-state index in [1.54, 1.807) is 12.1 Å². The molecular weight excluding hydrogens is 218 g/mol. The predicted molar refractivity (Wildman–Crippen MR) is 64.7 cm³/mol. The largest absolute Gasteiger partial charge is 0.452 e. The lowest BCUT2D eigenvalue weighted by atomic mass is 10.1. The van der Waals surface area contributed by atoms with Crippen molar-refractivity contribution in [1.29, 1.82) is 0 Å². The first-order chi connectivity index (χ1) is 7.99. The van der Waals surface area contributed by atoms with E-state index in [4.69, 9.17) is 4.74 Å². The monoisotopic (exact) mass is 235 g/mol. The van der Waals surface area contributed by atoms with E-state index >= 15 is 0 Å². The number of aryl methyl sites for hydroxylation is 1. The van der Waals surface area contributed by atoms with Gasteiger partial charge in [-0.25, -0.2) is 4.79 Å². The zero-order valence-electron chi connectivity index (χ0n) is 10.3. The molecule has 92 valence electrons. The quantitative estimate of drug-likeness (QED) is 0.808. The summed E-state index contributed by atoms with van der Waals surface area (Å²) in [5.41, 5.74) is 1.52. The summed E-state index contributed by atoms with van der Waals surface area (Å²) >= 11 is 0. The molecule has 4 heteroatoms. The van der Waals surface area contributed by atoms with Gasteiger partial charge in [0.05, 0.1) is 5.56 Å². The number of hydrogen-bond donors (Lipinski definition) is 1. The minimum Gasteiger partial charge on any atom is -0.452 e. The van der Waals surface area contributed by atoms with Crippen LogP contribution in [0, 0.1) is 6.92 Å². The van der Waals surface area contributed by atoms with Crippen molar-refractivity contribution >= 4 is 11.9 Å². The van der Waals surface area contributed by atoms with Gasteiger partial charge in [-0.05, 0) is 32.9 Å². The maximum absolute atomic E-state index is 11.5. The van der Waals surface area contributed by atoms with Crippen LogP contribution in [-0.4, -0.2) is 24.5 Å². The molecule has 0 fully saturated rings. The summed E-state index contributed by atoms with van der Waals surface area (Å²) in [6, 6.07) is 7.05. The Morgan fingerprint density at radius 1 is 1.24 bits per heavy atom. The number of amides is 1. The number of esters is 1. The standard InChI is InChI=1S/C13H17NO3/c1-9(2)14-12(15)8-17-13(16)11-6-4-10(3)5-7-11/h4-7,9H,8H2,1-3H3,(H,14,15). The summed E-state index contributed by atoms with van der Waals surface area (Å²) in [6.45, 7) is 5.38. The maximum Gasteiger partial charge on any atom is 0.338 e. The number of carbonyl (C=O) groups excluding carboxylic acids is 2. The van der Waals surface area contributed by atoms with E-state index in [9.17, 15) is 9.59 Å². The van der Waals surface area contributed by atoms with Gasteiger partial charge in [-0.1, -0.05) is 17.7 Å². The lowest BCUT2D eigenvalue weighted by Crippen LogP contribution is -2.33. The van der Waals surface area contributed by atoms with Gasteiger partial charge in [0, 0.05) is 6.04 Å². The second kappa shape index (κ2) is 6.03. The predicted octanol–water partition coefficient (Wildman–Crippen LogP) is 1.68. The third kappa shape index (κ3) is 4.68. The Morgan fingerprint density at radius 3 is 2.35 bits per heavy atom. The molecule has 0 aliphatic carbocycles. The van der Waals surface area contributed by atoms with Crippen molar-refractivity contribution in [3.8, 4) is 0 Å². The summed E-state index contributed by atoms with van der Waals surface area (Å²) in [4.78, 5) is 22.8. The van der Waals surface area contributed by atoms with Crippen molar-refractivity contribution in [2.24, 2.45) is 0 Å². The Hall–Kier alpha value is -1.84. The summed E-state index contributed by atoms with van der Waals surface area (Å²) < 4.78 is 4.88. The summed E-state index contributed by atoms with van der Waals surface area (Å²) in [6.07, 6.45) is 0. The van der Waals surface area contributed by atoms with Crippen molar-refractivity contribution in [2.45, 2.75) is 26.8 Å². The summed E-state index contributed by atoms with van der Waals surface area (Å²) in [7, 11) is 0. The van der Waals surface area contributed by atoms with Crippen LogP contribution >= 0.6 is 0 Å². The molecule has 0 bridgehead atoms. The normalized spacial score (nSPS) is 10.1. The SMILES string of the molecule is Cc1ccc(C(=O)OCC(=O)NC(C)C)cc1. The molecule has 0 unspecified atom stereocenters. The highest BCUT2D eigenvalue weighted by Crippen LogP contribution is 2.04. The van der Waals surface area contributed by atoms with Crippen LogP contribution in [0.1, 0.15) is 29.8 Å². The first-order valence-electron chi connectivity index (χ1n) is 5.52. The molecule has 1 aromatic carbocycles. The molecule has 0 aliphatic rings. The van der Waals surface area contributed by atoms with Crippen LogP contribution in [0.4, 0.5) is 0 Å². The van der Waals surface area contributed by atoms with Gasteiger partial charge in [-0.2, -0.15) is 0 Å². The second-order valence-corrected chi connectivity index (χ2v) is 4.16. The van der Waals surface area contributed by atoms with Crippen LogP contribution in [0.3, 0.4) is 0 Å². The second-order valence-electron chi connectivity index (χ2n) is 4.16. The van der Waals surface area contributed by atoms with E-state index in [0.717, 1.165) is 5.56 Å². The first kappa shape index (κ1) is 13.2. The van der Waals surface area contributed by atoms with Gasteiger partial charge >= 0.3 is 5.97 Å². The molecule has 0 aromatic heterocycles. The molecule has 0 heterocycles. The summed E-state index contributed by atoms with van der Waals surface area (Å²) in [5.74, 6) is -0.774. The minimum absolute atomic E-state index is 0.0422. The van der Waals surface area contributed by atoms with Crippen LogP contribution in [0.15, 0.2) is 24.3 Å². The molecule has 1 aromatic rings. The molecule has 0 atom stereocenters. The van der Waals surface area contributed by atoms with Crippen molar-refractivity contribution in [2.75, 3.05) is 6.61 Å². The van der Waals surface area contributed by atoms with E-state index in [0.29, 0.717) is 5.56 Å². The Kier molecular flexibility index (Phi) is 4.69. The van der Waals surface area contributed by atoms with Gasteiger partial charge in [0.25, 0.3) is 5.91 Å². The average Bonchev–Trinajstić information content (AvgIpc) is 2.26. The smallest absolute Gasteiger partial charge is 0.338 e. The van der Waals surface area contributed by atoms with Crippen LogP contribution in [0.2, 0.25) is 0 Å². The van der Waals surface area contributed by atoms with Crippen LogP contribution < -0.4 is 5.32 Å². The van der Waals surface area contributed by atoms with Gasteiger partial charge < -0.3 is 10.1 Å². The summed E-state index contributed by atoms with van der Waals surface area (Å²) in [5, 5.41) is 2.64. The number of ether oxygens (including phenoxy) is 1. The lowest BCUT2D eigenvalue weighted by Gasteiger charge is -2.08. The Labute approximate surface area is 101 Å². The molecule has 0 saturated carbocycles. The van der Waals surface area contributed by atoms with Gasteiger partial charge in [0.15, 0.2) is 6.61 Å². The van der Waals surface area contributed by atoms with Crippen LogP contribution in [0.5, 0.6) is 0 Å². The number of carbonyl (C=O) groups is 2. The first-order valence-corrected chi connectivity index (χ1v) is 5.52. The molecule has 0 saturated heterocycles. The van der Waals surface area contributed by atoms with E-state index in [1.807, 2.05) is 32.9 Å². The van der Waals surface area contributed by atoms with Crippen molar-refractivity contribution in [3.63, 3.8) is 0 Å². The fraction of sp³-hybridized carbons (Fsp3) is 0.385. The van der Waals surface area contributed by atoms with Crippen LogP contribution in [0.25, 0.3) is 0 Å². The van der Waals surface area contributed by atoms with Gasteiger partial charge in [-0.15, -0.1) is 0 Å². The number of benzene rings is 1. The number of rotatable bonds is 4. The lowest BCUT2D eigenvalue weighted by molar-refractivity contribution is -0.124. The minimum atomic E-state index is -0.482. The van der Waals surface area contributed by atoms with Crippen molar-refractivity contribution in [3.05, 3.63) is 35.4 Å². The third-order valence-electron chi connectivity index (χ3n) is 2.07. The Morgan fingerprint density at radius 2 is 1.82 bits per heavy atom. The highest BCUT2D eigenvalue weighted by molar-refractivity contribution is 5.91. The molecule has 0 radical (unpaired) electrons. The van der Waals surface area contributed by atoms with Crippen molar-refractivity contribution < 1.29 is 14.3 Å². The Balaban J connectivity index is 2.45. The Bertz CT molecular complexity index is 396. The van der Waals surface area contributed by atoms with Crippen molar-refractivity contribution in [1.82, 2.24) is 5.32 Å². The van der Waals surface area contributed by atoms with Crippen LogP contribution in [-0.2, 0) is 9.53 Å². The van der Waals surface area contributed by atoms with E-state index in [1.165, 1.54) is 0 Å². The third-order valence-corrected chi connectivity index (χ3v) is 2.07. The molecule has 0 aliphatic heterocycles. The van der Waals surface area contributed by atoms with Gasteiger partial charge in [-0.3, -0.25) is 4.79 Å². The number of nitrogens with one attached hydrogen (secondary N) is 1. The maximum atomic E-state index is 11.5. The van der Waals surface area contributed by atoms with E-state index in [-0.39, 0.29) is 18.6 Å². The van der Waals surface area contributed by atoms with E-state index in [2.05, 4.69) is 5.32 Å². The molecule has 0 spiro atoms. The van der Waals surface area contributed by atoms with Gasteiger partial charge in [0.1, 0.15) is 0 Å². The highest BCUT2D eigenvalue weighted by Gasteiger charge is 2.10. The molecular formula is C13H17NO3. The zero-order valence-corrected chi connectivity index (χ0v) is 10.3. The fourth-order valence-electron chi connectivity index (χ4n) is 1.27. The zero-order chi connectivity index (χ0) is 12.8. The average molecular weight is 235 g/mol. The topological polar surface area (TPSA) is 55.4 Å². The molecule has 4 nitrogen and oxygen atoms in total. The molecule has 1 N–H and O–H groups in total. The fourth-order valence-corrected chi connectivity index (χ4v) is 1.27. The number of hydrogen-bond acceptors (Lipinski definition) is 3.